The lowest BCUT2D eigenvalue weighted by atomic mass is 10.2. The molecule has 1 heterocycles. The molecule has 106 valence electrons. The van der Waals surface area contributed by atoms with Crippen molar-refractivity contribution in [1.29, 1.82) is 0 Å². The summed E-state index contributed by atoms with van der Waals surface area (Å²) < 4.78 is 2.60. The second kappa shape index (κ2) is 6.37. The van der Waals surface area contributed by atoms with Gasteiger partial charge in [0.25, 0.3) is 0 Å². The van der Waals surface area contributed by atoms with Crippen LogP contribution in [0.25, 0.3) is 0 Å². The summed E-state index contributed by atoms with van der Waals surface area (Å²) in [6.45, 7) is 4.22. The molecule has 1 aromatic heterocycles. The van der Waals surface area contributed by atoms with Gasteiger partial charge in [0.1, 0.15) is 0 Å². The van der Waals surface area contributed by atoms with E-state index in [4.69, 9.17) is 0 Å². The van der Waals surface area contributed by atoms with E-state index in [-0.39, 0.29) is 17.2 Å². The smallest absolute Gasteiger partial charge is 0.307 e. The number of amides is 1. The van der Waals surface area contributed by atoms with Crippen molar-refractivity contribution in [2.75, 3.05) is 5.32 Å². The molecule has 0 aliphatic heterocycles. The number of rotatable bonds is 4. The molecule has 0 aliphatic carbocycles. The maximum absolute atomic E-state index is 11.9. The third kappa shape index (κ3) is 3.58. The molecular formula is C14H15BrN2O2S. The van der Waals surface area contributed by atoms with Crippen LogP contribution in [0.1, 0.15) is 17.7 Å². The van der Waals surface area contributed by atoms with Crippen LogP contribution in [-0.2, 0) is 11.3 Å². The Bertz CT molecular complexity index is 691. The lowest BCUT2D eigenvalue weighted by Gasteiger charge is -2.09. The van der Waals surface area contributed by atoms with Gasteiger partial charge < -0.3 is 9.88 Å². The number of anilines is 1. The standard InChI is InChI=1S/C14H15BrN2O2S/c1-9-7-11(15)3-4-12(9)16-13(18)5-6-17-10(2)8-20-14(17)19/h3-4,7-8H,5-6H2,1-2H3,(H,16,18). The van der Waals surface area contributed by atoms with Crippen molar-refractivity contribution in [2.24, 2.45) is 0 Å². The number of aryl methyl sites for hydroxylation is 2. The second-order valence-corrected chi connectivity index (χ2v) is 6.29. The molecule has 0 bridgehead atoms. The minimum atomic E-state index is -0.0899. The van der Waals surface area contributed by atoms with E-state index in [0.717, 1.165) is 32.8 Å². The first-order valence-electron chi connectivity index (χ1n) is 6.18. The van der Waals surface area contributed by atoms with Crippen molar-refractivity contribution in [1.82, 2.24) is 4.57 Å². The van der Waals surface area contributed by atoms with Crippen LogP contribution in [0.4, 0.5) is 5.69 Å². The van der Waals surface area contributed by atoms with Crippen LogP contribution in [-0.4, -0.2) is 10.5 Å². The molecule has 0 unspecified atom stereocenters. The van der Waals surface area contributed by atoms with E-state index in [1.165, 1.54) is 0 Å². The molecular weight excluding hydrogens is 340 g/mol. The fraction of sp³-hybridized carbons (Fsp3) is 0.286. The van der Waals surface area contributed by atoms with Crippen LogP contribution in [0.15, 0.2) is 32.8 Å². The summed E-state index contributed by atoms with van der Waals surface area (Å²) >= 11 is 4.55. The zero-order valence-corrected chi connectivity index (χ0v) is 13.7. The Balaban J connectivity index is 1.98. The van der Waals surface area contributed by atoms with E-state index in [1.54, 1.807) is 9.95 Å². The first kappa shape index (κ1) is 15.0. The van der Waals surface area contributed by atoms with Gasteiger partial charge in [-0.2, -0.15) is 0 Å². The van der Waals surface area contributed by atoms with Crippen molar-refractivity contribution in [3.05, 3.63) is 49.0 Å². The minimum absolute atomic E-state index is 0.0184. The summed E-state index contributed by atoms with van der Waals surface area (Å²) in [6.07, 6.45) is 0.285. The molecule has 0 saturated heterocycles. The topological polar surface area (TPSA) is 51.1 Å². The number of carbonyl (C=O) groups is 1. The highest BCUT2D eigenvalue weighted by atomic mass is 79.9. The first-order chi connectivity index (χ1) is 9.47. The summed E-state index contributed by atoms with van der Waals surface area (Å²) in [7, 11) is 0. The van der Waals surface area contributed by atoms with E-state index in [2.05, 4.69) is 21.2 Å². The quantitative estimate of drug-likeness (QED) is 0.915. The summed E-state index contributed by atoms with van der Waals surface area (Å²) in [5, 5.41) is 4.67. The van der Waals surface area contributed by atoms with Crippen molar-refractivity contribution in [3.63, 3.8) is 0 Å². The van der Waals surface area contributed by atoms with Gasteiger partial charge in [-0.25, -0.2) is 0 Å². The summed E-state index contributed by atoms with van der Waals surface area (Å²) in [5.74, 6) is -0.0899. The van der Waals surface area contributed by atoms with Gasteiger partial charge in [0.05, 0.1) is 0 Å². The molecule has 2 rings (SSSR count). The van der Waals surface area contributed by atoms with Crippen molar-refractivity contribution in [3.8, 4) is 0 Å². The van der Waals surface area contributed by atoms with Crippen LogP contribution < -0.4 is 10.2 Å². The fourth-order valence-corrected chi connectivity index (χ4v) is 3.10. The number of nitrogens with one attached hydrogen (secondary N) is 1. The Morgan fingerprint density at radius 3 is 2.75 bits per heavy atom. The minimum Gasteiger partial charge on any atom is -0.326 e. The van der Waals surface area contributed by atoms with Crippen molar-refractivity contribution in [2.45, 2.75) is 26.8 Å². The molecule has 0 radical (unpaired) electrons. The third-order valence-corrected chi connectivity index (χ3v) is 4.38. The zero-order valence-electron chi connectivity index (χ0n) is 11.3. The second-order valence-electron chi connectivity index (χ2n) is 4.55. The fourth-order valence-electron chi connectivity index (χ4n) is 1.87. The predicted octanol–water partition coefficient (Wildman–Crippen LogP) is 3.32. The molecule has 0 atom stereocenters. The van der Waals surface area contributed by atoms with Crippen molar-refractivity contribution >= 4 is 38.9 Å². The number of nitrogens with zero attached hydrogens (tertiary/aromatic N) is 1. The van der Waals surface area contributed by atoms with E-state index in [1.807, 2.05) is 32.0 Å². The van der Waals surface area contributed by atoms with Crippen molar-refractivity contribution < 1.29 is 4.79 Å². The maximum atomic E-state index is 11.9. The highest BCUT2D eigenvalue weighted by Gasteiger charge is 2.08. The Morgan fingerprint density at radius 1 is 1.40 bits per heavy atom. The number of hydrogen-bond donors (Lipinski definition) is 1. The van der Waals surface area contributed by atoms with E-state index >= 15 is 0 Å². The molecule has 1 amide bonds. The van der Waals surface area contributed by atoms with Gasteiger partial charge in [0.15, 0.2) is 0 Å². The first-order valence-corrected chi connectivity index (χ1v) is 7.85. The molecule has 0 spiro atoms. The SMILES string of the molecule is Cc1cc(Br)ccc1NC(=O)CCn1c(C)csc1=O. The van der Waals surface area contributed by atoms with Gasteiger partial charge in [-0.3, -0.25) is 9.59 Å². The number of hydrogen-bond acceptors (Lipinski definition) is 3. The summed E-state index contributed by atoms with van der Waals surface area (Å²) in [6, 6.07) is 5.69. The average Bonchev–Trinajstić information content (AvgIpc) is 2.70. The highest BCUT2D eigenvalue weighted by Crippen LogP contribution is 2.20. The zero-order chi connectivity index (χ0) is 14.7. The molecule has 6 heteroatoms. The monoisotopic (exact) mass is 354 g/mol. The molecule has 20 heavy (non-hydrogen) atoms. The summed E-state index contributed by atoms with van der Waals surface area (Å²) in [5.41, 5.74) is 2.69. The molecule has 0 aliphatic rings. The maximum Gasteiger partial charge on any atom is 0.307 e. The Labute approximate surface area is 129 Å². The molecule has 4 nitrogen and oxygen atoms in total. The Kier molecular flexibility index (Phi) is 4.77. The largest absolute Gasteiger partial charge is 0.326 e. The van der Waals surface area contributed by atoms with Crippen LogP contribution >= 0.6 is 27.3 Å². The number of aromatic nitrogens is 1. The Morgan fingerprint density at radius 2 is 2.15 bits per heavy atom. The molecule has 1 aromatic carbocycles. The van der Waals surface area contributed by atoms with Gasteiger partial charge >= 0.3 is 4.87 Å². The normalized spacial score (nSPS) is 10.6. The van der Waals surface area contributed by atoms with Gasteiger partial charge in [0, 0.05) is 34.2 Å². The van der Waals surface area contributed by atoms with Crippen LogP contribution in [0.3, 0.4) is 0 Å². The summed E-state index contributed by atoms with van der Waals surface area (Å²) in [4.78, 5) is 23.5. The predicted molar refractivity (Wildman–Crippen MR) is 85.4 cm³/mol. The molecule has 0 saturated carbocycles. The van der Waals surface area contributed by atoms with E-state index in [0.29, 0.717) is 6.54 Å². The number of thiazole rings is 1. The van der Waals surface area contributed by atoms with Gasteiger partial charge in [0.2, 0.25) is 5.91 Å². The molecule has 0 fully saturated rings. The van der Waals surface area contributed by atoms with Crippen LogP contribution in [0, 0.1) is 13.8 Å². The van der Waals surface area contributed by atoms with Gasteiger partial charge in [-0.05, 0) is 37.6 Å². The van der Waals surface area contributed by atoms with E-state index in [9.17, 15) is 9.59 Å². The molecule has 1 N–H and O–H groups in total. The number of benzene rings is 1. The lowest BCUT2D eigenvalue weighted by molar-refractivity contribution is -0.116. The van der Waals surface area contributed by atoms with Crippen LogP contribution in [0.2, 0.25) is 0 Å². The van der Waals surface area contributed by atoms with E-state index < -0.39 is 0 Å². The molecule has 2 aromatic rings. The Hall–Kier alpha value is -1.40. The number of carbonyl (C=O) groups excluding carboxylic acids is 1. The third-order valence-electron chi connectivity index (χ3n) is 3.00. The lowest BCUT2D eigenvalue weighted by Crippen LogP contribution is -2.20. The number of halogens is 1. The van der Waals surface area contributed by atoms with Gasteiger partial charge in [-0.15, -0.1) is 0 Å². The van der Waals surface area contributed by atoms with Crippen LogP contribution in [0.5, 0.6) is 0 Å². The highest BCUT2D eigenvalue weighted by molar-refractivity contribution is 9.10. The average molecular weight is 355 g/mol. The van der Waals surface area contributed by atoms with Gasteiger partial charge in [-0.1, -0.05) is 27.3 Å².